The lowest BCUT2D eigenvalue weighted by atomic mass is 9.92. The molecule has 0 spiro atoms. The number of hydrogen-bond acceptors (Lipinski definition) is 1. The summed E-state index contributed by atoms with van der Waals surface area (Å²) in [4.78, 5) is 0. The Morgan fingerprint density at radius 1 is 1.26 bits per heavy atom. The van der Waals surface area contributed by atoms with Crippen molar-refractivity contribution in [3.63, 3.8) is 0 Å². The van der Waals surface area contributed by atoms with Crippen LogP contribution < -0.4 is 0 Å². The van der Waals surface area contributed by atoms with E-state index in [9.17, 15) is 4.39 Å². The Labute approximate surface area is 149 Å². The molecule has 0 aliphatic carbocycles. The quantitative estimate of drug-likeness (QED) is 0.303. The molecule has 23 heavy (non-hydrogen) atoms. The Morgan fingerprint density at radius 2 is 1.83 bits per heavy atom. The van der Waals surface area contributed by atoms with Gasteiger partial charge < -0.3 is 4.43 Å². The maximum Gasteiger partial charge on any atom is 0.191 e. The van der Waals surface area contributed by atoms with Crippen LogP contribution in [0.15, 0.2) is 22.5 Å². The Hall–Kier alpha value is -0.123. The molecule has 1 atom stereocenters. The Morgan fingerprint density at radius 3 is 2.22 bits per heavy atom. The Bertz CT molecular complexity index is 422. The van der Waals surface area contributed by atoms with Crippen LogP contribution in [0.2, 0.25) is 18.1 Å². The zero-order valence-electron chi connectivity index (χ0n) is 16.4. The molecule has 0 aliphatic rings. The van der Waals surface area contributed by atoms with E-state index in [1.165, 1.54) is 0 Å². The highest BCUT2D eigenvalue weighted by atomic mass is 35.5. The van der Waals surface area contributed by atoms with E-state index in [0.29, 0.717) is 18.1 Å². The van der Waals surface area contributed by atoms with Gasteiger partial charge in [0, 0.05) is 13.0 Å². The molecular weight excluding hydrogens is 327 g/mol. The topological polar surface area (TPSA) is 9.23 Å². The highest BCUT2D eigenvalue weighted by molar-refractivity contribution is 6.74. The number of rotatable bonds is 9. The first-order valence-corrected chi connectivity index (χ1v) is 12.1. The molecule has 0 aliphatic heterocycles. The van der Waals surface area contributed by atoms with Crippen molar-refractivity contribution in [2.75, 3.05) is 6.61 Å². The molecular formula is C19H36ClFOSi. The summed E-state index contributed by atoms with van der Waals surface area (Å²) in [6.45, 7) is 18.0. The van der Waals surface area contributed by atoms with E-state index >= 15 is 0 Å². The third-order valence-electron chi connectivity index (χ3n) is 4.94. The fourth-order valence-corrected chi connectivity index (χ4v) is 3.70. The second kappa shape index (κ2) is 10.0. The summed E-state index contributed by atoms with van der Waals surface area (Å²) < 4.78 is 20.3. The third kappa shape index (κ3) is 7.11. The zero-order valence-corrected chi connectivity index (χ0v) is 18.1. The molecule has 0 saturated carbocycles. The zero-order chi connectivity index (χ0) is 18.3. The normalized spacial score (nSPS) is 16.3. The van der Waals surface area contributed by atoms with Gasteiger partial charge in [0.25, 0.3) is 0 Å². The molecule has 0 saturated heterocycles. The van der Waals surface area contributed by atoms with Gasteiger partial charge in [-0.15, -0.1) is 0 Å². The molecule has 0 fully saturated rings. The number of hydrogen-bond donors (Lipinski definition) is 0. The summed E-state index contributed by atoms with van der Waals surface area (Å²) in [6, 6.07) is 0. The van der Waals surface area contributed by atoms with Crippen LogP contribution in [0.25, 0.3) is 0 Å². The van der Waals surface area contributed by atoms with E-state index < -0.39 is 8.32 Å². The van der Waals surface area contributed by atoms with Crippen molar-refractivity contribution in [3.05, 3.63) is 22.5 Å². The van der Waals surface area contributed by atoms with E-state index in [2.05, 4.69) is 40.8 Å². The Kier molecular flexibility index (Phi) is 9.95. The van der Waals surface area contributed by atoms with Crippen LogP contribution in [0.5, 0.6) is 0 Å². The minimum Gasteiger partial charge on any atom is -0.417 e. The summed E-state index contributed by atoms with van der Waals surface area (Å²) in [5, 5.41) is 0.525. The largest absolute Gasteiger partial charge is 0.417 e. The van der Waals surface area contributed by atoms with Crippen LogP contribution in [-0.4, -0.2) is 14.9 Å². The van der Waals surface area contributed by atoms with Crippen molar-refractivity contribution in [1.29, 1.82) is 0 Å². The van der Waals surface area contributed by atoms with E-state index in [4.69, 9.17) is 16.0 Å². The molecule has 4 heteroatoms. The van der Waals surface area contributed by atoms with E-state index in [0.717, 1.165) is 24.8 Å². The number of allylic oxidation sites excluding steroid dienone is 4. The molecule has 0 rings (SSSR count). The van der Waals surface area contributed by atoms with Crippen LogP contribution in [0.1, 0.15) is 67.2 Å². The summed E-state index contributed by atoms with van der Waals surface area (Å²) in [7, 11) is -1.73. The molecule has 1 unspecified atom stereocenters. The lowest BCUT2D eigenvalue weighted by Crippen LogP contribution is -2.41. The molecule has 0 aromatic carbocycles. The predicted octanol–water partition coefficient (Wildman–Crippen LogP) is 7.59. The minimum atomic E-state index is -1.73. The smallest absolute Gasteiger partial charge is 0.191 e. The molecule has 0 aromatic heterocycles. The highest BCUT2D eigenvalue weighted by Gasteiger charge is 2.37. The average molecular weight is 363 g/mol. The van der Waals surface area contributed by atoms with Crippen LogP contribution in [0, 0.1) is 5.92 Å². The first kappa shape index (κ1) is 22.9. The van der Waals surface area contributed by atoms with E-state index in [1.807, 2.05) is 19.9 Å². The van der Waals surface area contributed by atoms with Crippen LogP contribution in [-0.2, 0) is 4.43 Å². The van der Waals surface area contributed by atoms with Gasteiger partial charge in [0.2, 0.25) is 0 Å². The minimum absolute atomic E-state index is 0.189. The van der Waals surface area contributed by atoms with Gasteiger partial charge in [-0.1, -0.05) is 52.3 Å². The summed E-state index contributed by atoms with van der Waals surface area (Å²) >= 11 is 6.30. The van der Waals surface area contributed by atoms with Gasteiger partial charge in [0.05, 0.1) is 5.03 Å². The van der Waals surface area contributed by atoms with Crippen LogP contribution in [0.4, 0.5) is 4.39 Å². The molecule has 0 bridgehead atoms. The van der Waals surface area contributed by atoms with Crippen molar-refractivity contribution in [3.8, 4) is 0 Å². The lowest BCUT2D eigenvalue weighted by Gasteiger charge is -2.36. The molecule has 0 amide bonds. The van der Waals surface area contributed by atoms with E-state index in [1.54, 1.807) is 0 Å². The lowest BCUT2D eigenvalue weighted by molar-refractivity contribution is 0.263. The monoisotopic (exact) mass is 362 g/mol. The van der Waals surface area contributed by atoms with Crippen LogP contribution in [0.3, 0.4) is 0 Å². The maximum absolute atomic E-state index is 14.1. The first-order chi connectivity index (χ1) is 10.5. The standard InChI is InChI=1S/C19H36ClFOSi/c1-9-12-17(21)18(20)16(11-3)15(10-2)13-14-22-23(7,8)19(4,5)6/h11,15H,9-10,12-14H2,1-8H3. The second-order valence-corrected chi connectivity index (χ2v) is 12.9. The molecule has 0 heterocycles. The summed E-state index contributed by atoms with van der Waals surface area (Å²) in [5.74, 6) is 0.0610. The van der Waals surface area contributed by atoms with Crippen molar-refractivity contribution in [1.82, 2.24) is 0 Å². The van der Waals surface area contributed by atoms with Crippen LogP contribution >= 0.6 is 11.6 Å². The van der Waals surface area contributed by atoms with Crippen molar-refractivity contribution in [2.24, 2.45) is 5.92 Å². The van der Waals surface area contributed by atoms with Gasteiger partial charge >= 0.3 is 0 Å². The Balaban J connectivity index is 4.93. The first-order valence-electron chi connectivity index (χ1n) is 8.86. The molecule has 0 radical (unpaired) electrons. The molecule has 0 N–H and O–H groups in total. The maximum atomic E-state index is 14.1. The van der Waals surface area contributed by atoms with Gasteiger partial charge in [-0.05, 0) is 55.8 Å². The van der Waals surface area contributed by atoms with Gasteiger partial charge in [0.1, 0.15) is 5.83 Å². The van der Waals surface area contributed by atoms with Crippen molar-refractivity contribution < 1.29 is 8.82 Å². The number of halogens is 2. The van der Waals surface area contributed by atoms with Gasteiger partial charge in [0.15, 0.2) is 8.32 Å². The van der Waals surface area contributed by atoms with Gasteiger partial charge in [-0.3, -0.25) is 0 Å². The highest BCUT2D eigenvalue weighted by Crippen LogP contribution is 2.37. The van der Waals surface area contributed by atoms with Gasteiger partial charge in [-0.25, -0.2) is 4.39 Å². The summed E-state index contributed by atoms with van der Waals surface area (Å²) in [5.41, 5.74) is 0.930. The molecule has 0 aromatic rings. The fraction of sp³-hybridized carbons (Fsp3) is 0.789. The third-order valence-corrected chi connectivity index (χ3v) is 9.90. The second-order valence-electron chi connectivity index (χ2n) is 7.72. The summed E-state index contributed by atoms with van der Waals surface area (Å²) in [6.07, 6.45) is 4.96. The fourth-order valence-electron chi connectivity index (χ4n) is 2.28. The van der Waals surface area contributed by atoms with E-state index in [-0.39, 0.29) is 16.8 Å². The molecule has 136 valence electrons. The SMILES string of the molecule is CC=C(C(Cl)=C(F)CCC)C(CC)CCO[Si](C)(C)C(C)(C)C. The van der Waals surface area contributed by atoms with Crippen molar-refractivity contribution in [2.45, 2.75) is 85.4 Å². The van der Waals surface area contributed by atoms with Crippen molar-refractivity contribution >= 4 is 19.9 Å². The molecule has 1 nitrogen and oxygen atoms in total. The average Bonchev–Trinajstić information content (AvgIpc) is 2.44. The predicted molar refractivity (Wildman–Crippen MR) is 104 cm³/mol. The van der Waals surface area contributed by atoms with Gasteiger partial charge in [-0.2, -0.15) is 0 Å².